The zero-order chi connectivity index (χ0) is 13.1. The molecule has 0 aliphatic carbocycles. The topological polar surface area (TPSA) is 72.8 Å². The highest BCUT2D eigenvalue weighted by molar-refractivity contribution is 5.75. The Balaban J connectivity index is 2.28. The first-order valence-corrected chi connectivity index (χ1v) is 5.75. The maximum atomic E-state index is 13.3. The molecule has 3 N–H and O–H groups in total. The average molecular weight is 254 g/mol. The van der Waals surface area contributed by atoms with E-state index in [4.69, 9.17) is 5.11 Å². The molecule has 0 radical (unpaired) electrons. The van der Waals surface area contributed by atoms with Crippen molar-refractivity contribution < 1.29 is 19.4 Å². The molecule has 1 fully saturated rings. The van der Waals surface area contributed by atoms with Crippen LogP contribution in [-0.4, -0.2) is 47.3 Å². The summed E-state index contributed by atoms with van der Waals surface area (Å²) in [5.74, 6) is -2.28. The fourth-order valence-corrected chi connectivity index (χ4v) is 2.14. The molecule has 1 aromatic carbocycles. The number of nitrogens with zero attached hydrogens (tertiary/aromatic N) is 1. The van der Waals surface area contributed by atoms with Gasteiger partial charge in [-0.2, -0.15) is 0 Å². The van der Waals surface area contributed by atoms with Crippen LogP contribution in [0.3, 0.4) is 0 Å². The van der Waals surface area contributed by atoms with Crippen LogP contribution in [0.5, 0.6) is 5.75 Å². The van der Waals surface area contributed by atoms with Crippen LogP contribution in [0.15, 0.2) is 18.2 Å². The lowest BCUT2D eigenvalue weighted by Crippen LogP contribution is -2.47. The van der Waals surface area contributed by atoms with Gasteiger partial charge < -0.3 is 15.5 Å². The number of aliphatic carboxylic acids is 1. The maximum Gasteiger partial charge on any atom is 0.325 e. The quantitative estimate of drug-likeness (QED) is 0.735. The molecule has 0 aromatic heterocycles. The summed E-state index contributed by atoms with van der Waals surface area (Å²) in [6, 6.07) is 2.83. The fourth-order valence-electron chi connectivity index (χ4n) is 2.14. The van der Waals surface area contributed by atoms with Gasteiger partial charge >= 0.3 is 5.97 Å². The molecule has 98 valence electrons. The van der Waals surface area contributed by atoms with Gasteiger partial charge in [0, 0.05) is 26.2 Å². The van der Waals surface area contributed by atoms with E-state index in [2.05, 4.69) is 5.32 Å². The minimum Gasteiger partial charge on any atom is -0.505 e. The number of hydrogen-bond acceptors (Lipinski definition) is 4. The normalized spacial score (nSPS) is 18.5. The van der Waals surface area contributed by atoms with Crippen molar-refractivity contribution in [2.75, 3.05) is 26.2 Å². The Morgan fingerprint density at radius 2 is 2.06 bits per heavy atom. The number of rotatable bonds is 3. The number of piperazine rings is 1. The van der Waals surface area contributed by atoms with Crippen molar-refractivity contribution in [2.45, 2.75) is 6.04 Å². The number of phenolic OH excluding ortho intramolecular Hbond substituents is 1. The number of aromatic hydroxyl groups is 1. The van der Waals surface area contributed by atoms with Gasteiger partial charge in [-0.15, -0.1) is 0 Å². The molecule has 1 aliphatic heterocycles. The van der Waals surface area contributed by atoms with Crippen LogP contribution >= 0.6 is 0 Å². The Labute approximate surface area is 104 Å². The molecule has 1 heterocycles. The van der Waals surface area contributed by atoms with Crippen LogP contribution in [-0.2, 0) is 4.79 Å². The van der Waals surface area contributed by atoms with Crippen molar-refractivity contribution in [3.63, 3.8) is 0 Å². The van der Waals surface area contributed by atoms with E-state index in [9.17, 15) is 14.3 Å². The Morgan fingerprint density at radius 1 is 1.39 bits per heavy atom. The maximum absolute atomic E-state index is 13.3. The molecule has 18 heavy (non-hydrogen) atoms. The largest absolute Gasteiger partial charge is 0.505 e. The predicted octanol–water partition coefficient (Wildman–Crippen LogP) is 0.562. The van der Waals surface area contributed by atoms with Gasteiger partial charge in [-0.05, 0) is 17.7 Å². The molecule has 1 saturated heterocycles. The first-order valence-electron chi connectivity index (χ1n) is 5.75. The highest BCUT2D eigenvalue weighted by Gasteiger charge is 2.28. The lowest BCUT2D eigenvalue weighted by molar-refractivity contribution is -0.143. The molecule has 2 rings (SSSR count). The first kappa shape index (κ1) is 12.8. The summed E-state index contributed by atoms with van der Waals surface area (Å²) < 4.78 is 13.3. The summed E-state index contributed by atoms with van der Waals surface area (Å²) in [7, 11) is 0. The summed E-state index contributed by atoms with van der Waals surface area (Å²) >= 11 is 0. The van der Waals surface area contributed by atoms with Gasteiger partial charge in [-0.3, -0.25) is 9.69 Å². The molecule has 1 atom stereocenters. The van der Waals surface area contributed by atoms with Gasteiger partial charge in [-0.25, -0.2) is 4.39 Å². The predicted molar refractivity (Wildman–Crippen MR) is 62.9 cm³/mol. The zero-order valence-electron chi connectivity index (χ0n) is 9.77. The van der Waals surface area contributed by atoms with Crippen molar-refractivity contribution in [3.05, 3.63) is 29.6 Å². The van der Waals surface area contributed by atoms with E-state index in [0.29, 0.717) is 31.7 Å². The molecular formula is C12H15FN2O3. The summed E-state index contributed by atoms with van der Waals surface area (Å²) in [4.78, 5) is 13.1. The van der Waals surface area contributed by atoms with E-state index in [1.54, 1.807) is 4.90 Å². The molecule has 6 heteroatoms. The number of benzene rings is 1. The summed E-state index contributed by atoms with van der Waals surface area (Å²) in [6.07, 6.45) is 0. The van der Waals surface area contributed by atoms with Crippen LogP contribution in [0, 0.1) is 5.82 Å². The van der Waals surface area contributed by atoms with Gasteiger partial charge in [0.25, 0.3) is 0 Å². The van der Waals surface area contributed by atoms with Gasteiger partial charge in [0.05, 0.1) is 0 Å². The van der Waals surface area contributed by atoms with Crippen molar-refractivity contribution >= 4 is 5.97 Å². The monoisotopic (exact) mass is 254 g/mol. The third kappa shape index (κ3) is 2.60. The highest BCUT2D eigenvalue weighted by Crippen LogP contribution is 2.25. The second kappa shape index (κ2) is 5.32. The van der Waals surface area contributed by atoms with Crippen molar-refractivity contribution in [2.24, 2.45) is 0 Å². The van der Waals surface area contributed by atoms with Crippen LogP contribution in [0.1, 0.15) is 11.6 Å². The smallest absolute Gasteiger partial charge is 0.325 e. The van der Waals surface area contributed by atoms with Crippen molar-refractivity contribution in [1.29, 1.82) is 0 Å². The van der Waals surface area contributed by atoms with Crippen molar-refractivity contribution in [3.8, 4) is 5.75 Å². The summed E-state index contributed by atoms with van der Waals surface area (Å²) in [6.45, 7) is 2.62. The minimum atomic E-state index is -1.01. The van der Waals surface area contributed by atoms with Crippen LogP contribution < -0.4 is 5.32 Å². The highest BCUT2D eigenvalue weighted by atomic mass is 19.1. The fraction of sp³-hybridized carbons (Fsp3) is 0.417. The van der Waals surface area contributed by atoms with E-state index in [1.807, 2.05) is 0 Å². The molecule has 1 aromatic rings. The molecule has 1 aliphatic rings. The number of carboxylic acids is 1. The van der Waals surface area contributed by atoms with Crippen LogP contribution in [0.2, 0.25) is 0 Å². The molecule has 0 saturated carbocycles. The minimum absolute atomic E-state index is 0.347. The van der Waals surface area contributed by atoms with Crippen LogP contribution in [0.4, 0.5) is 4.39 Å². The standard InChI is InChI=1S/C12H15FN2O3/c13-9-7-8(1-2-10(9)16)11(12(17)18)15-5-3-14-4-6-15/h1-2,7,11,14,16H,3-6H2,(H,17,18). The second-order valence-electron chi connectivity index (χ2n) is 4.24. The molecule has 0 spiro atoms. The van der Waals surface area contributed by atoms with Crippen molar-refractivity contribution in [1.82, 2.24) is 10.2 Å². The SMILES string of the molecule is O=C(O)C(c1ccc(O)c(F)c1)N1CCNCC1. The first-order chi connectivity index (χ1) is 8.59. The van der Waals surface area contributed by atoms with Gasteiger partial charge in [0.1, 0.15) is 6.04 Å². The van der Waals surface area contributed by atoms with E-state index in [0.717, 1.165) is 6.07 Å². The Hall–Kier alpha value is -1.66. The molecule has 0 amide bonds. The van der Waals surface area contributed by atoms with E-state index in [-0.39, 0.29) is 0 Å². The average Bonchev–Trinajstić information content (AvgIpc) is 2.35. The molecule has 1 unspecified atom stereocenters. The Kier molecular flexibility index (Phi) is 3.78. The molecule has 5 nitrogen and oxygen atoms in total. The Bertz CT molecular complexity index is 447. The van der Waals surface area contributed by atoms with Gasteiger partial charge in [0.15, 0.2) is 11.6 Å². The van der Waals surface area contributed by atoms with Gasteiger partial charge in [-0.1, -0.05) is 6.07 Å². The van der Waals surface area contributed by atoms with Crippen LogP contribution in [0.25, 0.3) is 0 Å². The summed E-state index contributed by atoms with van der Waals surface area (Å²) in [5, 5.41) is 21.6. The lowest BCUT2D eigenvalue weighted by atomic mass is 10.0. The Morgan fingerprint density at radius 3 is 2.61 bits per heavy atom. The lowest BCUT2D eigenvalue weighted by Gasteiger charge is -2.32. The van der Waals surface area contributed by atoms with Gasteiger partial charge in [0.2, 0.25) is 0 Å². The number of hydrogen-bond donors (Lipinski definition) is 3. The van der Waals surface area contributed by atoms with E-state index >= 15 is 0 Å². The number of carbonyl (C=O) groups is 1. The third-order valence-electron chi connectivity index (χ3n) is 3.04. The molecule has 0 bridgehead atoms. The number of phenols is 1. The third-order valence-corrected chi connectivity index (χ3v) is 3.04. The number of nitrogens with one attached hydrogen (secondary N) is 1. The van der Waals surface area contributed by atoms with E-state index in [1.165, 1.54) is 12.1 Å². The number of halogens is 1. The van der Waals surface area contributed by atoms with E-state index < -0.39 is 23.6 Å². The second-order valence-corrected chi connectivity index (χ2v) is 4.24. The molecular weight excluding hydrogens is 239 g/mol. The number of carboxylic acid groups (broad SMARTS) is 1. The summed E-state index contributed by atoms with van der Waals surface area (Å²) in [5.41, 5.74) is 0.347. The zero-order valence-corrected chi connectivity index (χ0v) is 9.77.